The quantitative estimate of drug-likeness (QED) is 0.130. The topological polar surface area (TPSA) is 202 Å². The number of nitrogens with zero attached hydrogens (tertiary/aromatic N) is 9. The summed E-state index contributed by atoms with van der Waals surface area (Å²) in [6, 6.07) is 37.4. The second kappa shape index (κ2) is 22.5. The van der Waals surface area contributed by atoms with Crippen molar-refractivity contribution in [3.63, 3.8) is 0 Å². The Morgan fingerprint density at radius 2 is 0.760 bits per heavy atom. The van der Waals surface area contributed by atoms with Gasteiger partial charge in [-0.1, -0.05) is 44.0 Å². The maximum Gasteiger partial charge on any atom is 0.284 e. The lowest BCUT2D eigenvalue weighted by atomic mass is 10.2. The molecular formula is C51H51Br3N12O6S3. The van der Waals surface area contributed by atoms with Crippen LogP contribution in [0.3, 0.4) is 0 Å². The third kappa shape index (κ3) is 11.3. The fourth-order valence-electron chi connectivity index (χ4n) is 9.06. The van der Waals surface area contributed by atoms with Crippen molar-refractivity contribution < 1.29 is 25.3 Å². The zero-order chi connectivity index (χ0) is 52.3. The summed E-state index contributed by atoms with van der Waals surface area (Å²) in [6.07, 6.45) is 4.79. The largest absolute Gasteiger partial charge is 0.369 e. The monoisotopic (exact) mass is 1260 g/mol. The summed E-state index contributed by atoms with van der Waals surface area (Å²) in [7, 11) is -11.2. The van der Waals surface area contributed by atoms with E-state index < -0.39 is 30.1 Å². The zero-order valence-corrected chi connectivity index (χ0v) is 47.4. The van der Waals surface area contributed by atoms with Crippen LogP contribution in [-0.2, 0) is 30.1 Å². The number of hydrogen-bond donors (Lipinski definition) is 3. The van der Waals surface area contributed by atoms with Gasteiger partial charge in [-0.05, 0) is 131 Å². The number of aromatic nitrogens is 6. The van der Waals surface area contributed by atoms with Crippen molar-refractivity contribution in [1.82, 2.24) is 43.5 Å². The molecule has 0 aliphatic carbocycles. The summed E-state index contributed by atoms with van der Waals surface area (Å²) in [5.74, 6) is 0. The van der Waals surface area contributed by atoms with Crippen LogP contribution in [0.1, 0.15) is 0 Å². The van der Waals surface area contributed by atoms with Crippen molar-refractivity contribution in [2.75, 3.05) is 93.2 Å². The van der Waals surface area contributed by atoms with E-state index in [0.717, 1.165) is 133 Å². The molecule has 3 aliphatic rings. The van der Waals surface area contributed by atoms with Crippen LogP contribution < -0.4 is 30.7 Å². The van der Waals surface area contributed by atoms with Gasteiger partial charge in [0.2, 0.25) is 0 Å². The minimum Gasteiger partial charge on any atom is -0.369 e. The van der Waals surface area contributed by atoms with Crippen LogP contribution in [0.5, 0.6) is 0 Å². The SMILES string of the molecule is O=S(=O)(c1ccc(Br)cc1)n1ncc2cc(N3CCNCC3)ccc21.O=S(=O)(c1ccc(Br)cc1)n1ncc2ccc(N3CCNCC3)cc21.O=S(=O)(c1ccccc1Br)n1ncc2ccc(N3CCNCC3)cc21. The Kier molecular flexibility index (Phi) is 15.8. The minimum absolute atomic E-state index is 0.201. The Bertz CT molecular complexity index is 3840. The van der Waals surface area contributed by atoms with Gasteiger partial charge in [0, 0.05) is 125 Å². The molecular weight excluding hydrogens is 1210 g/mol. The summed E-state index contributed by atoms with van der Waals surface area (Å²) in [6.45, 7) is 11.1. The van der Waals surface area contributed by atoms with E-state index in [2.05, 4.69) is 93.7 Å². The highest BCUT2D eigenvalue weighted by atomic mass is 79.9. The second-order valence-electron chi connectivity index (χ2n) is 17.8. The minimum atomic E-state index is -3.77. The Labute approximate surface area is 460 Å². The summed E-state index contributed by atoms with van der Waals surface area (Å²) in [5.41, 5.74) is 4.89. The number of halogens is 3. The standard InChI is InChI=1S/3C17H17BrN4O2S/c18-14-1-4-16(5-2-14)25(23,24)22-17-6-3-15(11-13(17)12-20-22)21-9-7-19-8-10-21;18-14-2-5-16(6-3-14)25(23,24)22-17-11-15(4-1-13(17)12-20-22)21-9-7-19-8-10-21;18-15-3-1-2-4-17(15)25(23,24)22-16-11-14(6-5-13(16)12-20-22)21-9-7-19-8-10-21/h3*1-6,11-12,19H,7-10H2. The van der Waals surface area contributed by atoms with Gasteiger partial charge in [0.05, 0.1) is 44.9 Å². The Morgan fingerprint density at radius 1 is 0.387 bits per heavy atom. The predicted molar refractivity (Wildman–Crippen MR) is 305 cm³/mol. The van der Waals surface area contributed by atoms with Gasteiger partial charge < -0.3 is 30.7 Å². The zero-order valence-electron chi connectivity index (χ0n) is 40.2. The number of benzene rings is 6. The molecule has 18 nitrogen and oxygen atoms in total. The van der Waals surface area contributed by atoms with Crippen LogP contribution in [0.2, 0.25) is 0 Å². The highest BCUT2D eigenvalue weighted by molar-refractivity contribution is 9.11. The predicted octanol–water partition coefficient (Wildman–Crippen LogP) is 7.34. The van der Waals surface area contributed by atoms with Gasteiger partial charge in [-0.3, -0.25) is 0 Å². The third-order valence-electron chi connectivity index (χ3n) is 13.0. The van der Waals surface area contributed by atoms with Crippen LogP contribution in [0, 0.1) is 0 Å². The lowest BCUT2D eigenvalue weighted by Gasteiger charge is -2.29. The van der Waals surface area contributed by atoms with Crippen LogP contribution in [0.4, 0.5) is 17.1 Å². The summed E-state index contributed by atoms with van der Waals surface area (Å²) in [5, 5.41) is 24.8. The average Bonchev–Trinajstić information content (AvgIpc) is 4.20. The normalized spacial score (nSPS) is 15.6. The Balaban J connectivity index is 0.000000128. The van der Waals surface area contributed by atoms with Gasteiger partial charge in [-0.2, -0.15) is 52.8 Å². The molecule has 6 aromatic carbocycles. The first kappa shape index (κ1) is 52.7. The van der Waals surface area contributed by atoms with E-state index >= 15 is 0 Å². The molecule has 9 aromatic rings. The molecule has 0 unspecified atom stereocenters. The van der Waals surface area contributed by atoms with Gasteiger partial charge in [-0.15, -0.1) is 0 Å². The van der Waals surface area contributed by atoms with Crippen molar-refractivity contribution in [2.24, 2.45) is 0 Å². The molecule has 3 aliphatic heterocycles. The van der Waals surface area contributed by atoms with Crippen molar-refractivity contribution in [1.29, 1.82) is 0 Å². The molecule has 3 saturated heterocycles. The molecule has 0 saturated carbocycles. The molecule has 0 spiro atoms. The number of fused-ring (bicyclic) bond motifs is 3. The maximum absolute atomic E-state index is 13.1. The van der Waals surface area contributed by atoms with E-state index in [-0.39, 0.29) is 14.7 Å². The maximum atomic E-state index is 13.1. The van der Waals surface area contributed by atoms with Crippen LogP contribution >= 0.6 is 47.8 Å². The summed E-state index contributed by atoms with van der Waals surface area (Å²) in [4.78, 5) is 7.42. The first-order valence-electron chi connectivity index (χ1n) is 24.0. The smallest absolute Gasteiger partial charge is 0.284 e. The van der Waals surface area contributed by atoms with E-state index in [1.165, 1.54) is 0 Å². The van der Waals surface area contributed by atoms with E-state index in [1.807, 2.05) is 54.6 Å². The van der Waals surface area contributed by atoms with Gasteiger partial charge in [-0.25, -0.2) is 0 Å². The van der Waals surface area contributed by atoms with Gasteiger partial charge >= 0.3 is 0 Å². The van der Waals surface area contributed by atoms with E-state index in [9.17, 15) is 25.3 Å². The highest BCUT2D eigenvalue weighted by Gasteiger charge is 2.26. The molecule has 3 N–H and O–H groups in total. The first-order chi connectivity index (χ1) is 36.2. The van der Waals surface area contributed by atoms with Crippen LogP contribution in [0.25, 0.3) is 32.7 Å². The number of nitrogens with one attached hydrogen (secondary N) is 3. The number of rotatable bonds is 9. The van der Waals surface area contributed by atoms with Gasteiger partial charge in [0.1, 0.15) is 4.90 Å². The third-order valence-corrected chi connectivity index (χ3v) is 19.9. The molecule has 6 heterocycles. The lowest BCUT2D eigenvalue weighted by Crippen LogP contribution is -2.43. The number of hydrogen-bond acceptors (Lipinski definition) is 15. The summed E-state index contributed by atoms with van der Waals surface area (Å²) >= 11 is 9.97. The highest BCUT2D eigenvalue weighted by Crippen LogP contribution is 2.31. The van der Waals surface area contributed by atoms with Crippen molar-refractivity contribution >= 4 is 128 Å². The van der Waals surface area contributed by atoms with Crippen LogP contribution in [-0.4, -0.2) is 131 Å². The molecule has 75 heavy (non-hydrogen) atoms. The van der Waals surface area contributed by atoms with E-state index in [1.54, 1.807) is 91.4 Å². The molecule has 12 rings (SSSR count). The fourth-order valence-corrected chi connectivity index (χ4v) is 14.4. The molecule has 0 bridgehead atoms. The Morgan fingerprint density at radius 3 is 1.20 bits per heavy atom. The van der Waals surface area contributed by atoms with Crippen molar-refractivity contribution in [3.05, 3.63) is 159 Å². The first-order valence-corrected chi connectivity index (χ1v) is 30.7. The van der Waals surface area contributed by atoms with Gasteiger partial charge in [0.15, 0.2) is 0 Å². The van der Waals surface area contributed by atoms with E-state index in [0.29, 0.717) is 21.0 Å². The number of anilines is 3. The number of piperazine rings is 3. The van der Waals surface area contributed by atoms with Crippen molar-refractivity contribution in [3.8, 4) is 0 Å². The van der Waals surface area contributed by atoms with Crippen molar-refractivity contribution in [2.45, 2.75) is 14.7 Å². The molecule has 0 atom stereocenters. The molecule has 24 heteroatoms. The lowest BCUT2D eigenvalue weighted by molar-refractivity contribution is 0.580. The molecule has 0 radical (unpaired) electrons. The van der Waals surface area contributed by atoms with Crippen LogP contribution in [0.15, 0.2) is 174 Å². The molecule has 3 aromatic heterocycles. The molecule has 390 valence electrons. The summed E-state index contributed by atoms with van der Waals surface area (Å²) < 4.78 is 83.3. The molecule has 3 fully saturated rings. The fraction of sp³-hybridized carbons (Fsp3) is 0.235. The second-order valence-corrected chi connectivity index (χ2v) is 25.7. The Hall–Kier alpha value is -5.70. The van der Waals surface area contributed by atoms with Gasteiger partial charge in [0.25, 0.3) is 30.1 Å². The average molecular weight is 1260 g/mol. The molecule has 0 amide bonds. The van der Waals surface area contributed by atoms with E-state index in [4.69, 9.17) is 0 Å².